The second-order valence-corrected chi connectivity index (χ2v) is 7.97. The molecule has 0 bridgehead atoms. The van der Waals surface area contributed by atoms with Crippen LogP contribution in [-0.2, 0) is 25.3 Å². The number of nitrogens with one attached hydrogen (secondary N) is 1. The number of esters is 1. The molecular formula is C22H23N3O3. The summed E-state index contributed by atoms with van der Waals surface area (Å²) in [6.07, 6.45) is 3.02. The largest absolute Gasteiger partial charge is 0.468 e. The van der Waals surface area contributed by atoms with Gasteiger partial charge in [0.1, 0.15) is 11.2 Å². The molecule has 2 atom stereocenters. The number of aromatic nitrogens is 1. The van der Waals surface area contributed by atoms with Gasteiger partial charge in [0.2, 0.25) is 5.91 Å². The quantitative estimate of drug-likeness (QED) is 0.645. The molecule has 1 N–H and O–H groups in total. The van der Waals surface area contributed by atoms with Crippen molar-refractivity contribution >= 4 is 17.7 Å². The van der Waals surface area contributed by atoms with E-state index in [0.717, 1.165) is 17.5 Å². The van der Waals surface area contributed by atoms with E-state index in [9.17, 15) is 9.59 Å². The topological polar surface area (TPSA) is 80.7 Å². The van der Waals surface area contributed by atoms with Gasteiger partial charge in [0, 0.05) is 6.20 Å². The van der Waals surface area contributed by atoms with E-state index in [0.29, 0.717) is 18.0 Å². The molecule has 1 spiro atoms. The van der Waals surface area contributed by atoms with E-state index in [1.807, 2.05) is 24.3 Å². The summed E-state index contributed by atoms with van der Waals surface area (Å²) in [5.41, 5.74) is 1.51. The number of amides is 1. The number of carbonyl (C=O) groups excluding carboxylic acids is 2. The highest BCUT2D eigenvalue weighted by molar-refractivity contribution is 6.14. The molecule has 1 aliphatic heterocycles. The maximum atomic E-state index is 13.1. The molecular weight excluding hydrogens is 354 g/mol. The minimum atomic E-state index is -1.04. The third-order valence-electron chi connectivity index (χ3n) is 5.89. The van der Waals surface area contributed by atoms with Crippen LogP contribution in [0.3, 0.4) is 0 Å². The molecule has 6 heteroatoms. The predicted molar refractivity (Wildman–Crippen MR) is 105 cm³/mol. The molecule has 2 unspecified atom stereocenters. The van der Waals surface area contributed by atoms with E-state index < -0.39 is 23.3 Å². The number of fused-ring (bicyclic) bond motifs is 2. The lowest BCUT2D eigenvalue weighted by Gasteiger charge is -2.47. The fraction of sp³-hybridized carbons (Fsp3) is 0.364. The van der Waals surface area contributed by atoms with Crippen molar-refractivity contribution in [2.45, 2.75) is 37.6 Å². The summed E-state index contributed by atoms with van der Waals surface area (Å²) in [6, 6.07) is 13.4. The number of carbonyl (C=O) groups is 2. The van der Waals surface area contributed by atoms with Crippen LogP contribution in [0.5, 0.6) is 0 Å². The van der Waals surface area contributed by atoms with Crippen molar-refractivity contribution in [2.75, 3.05) is 7.11 Å². The maximum absolute atomic E-state index is 13.1. The number of hydrogen-bond acceptors (Lipinski definition) is 5. The van der Waals surface area contributed by atoms with E-state index in [1.54, 1.807) is 18.3 Å². The molecule has 1 aliphatic carbocycles. The van der Waals surface area contributed by atoms with Crippen molar-refractivity contribution in [1.29, 1.82) is 0 Å². The second-order valence-electron chi connectivity index (χ2n) is 7.97. The Balaban J connectivity index is 1.99. The Morgan fingerprint density at radius 1 is 1.11 bits per heavy atom. The highest BCUT2D eigenvalue weighted by atomic mass is 16.5. The van der Waals surface area contributed by atoms with E-state index in [2.05, 4.69) is 30.2 Å². The number of aliphatic imine (C=N–C) groups is 1. The summed E-state index contributed by atoms with van der Waals surface area (Å²) < 4.78 is 5.01. The molecule has 144 valence electrons. The Labute approximate surface area is 164 Å². The number of benzene rings is 1. The average Bonchev–Trinajstić information content (AvgIpc) is 2.71. The van der Waals surface area contributed by atoms with Crippen molar-refractivity contribution in [3.05, 3.63) is 65.5 Å². The normalized spacial score (nSPS) is 25.5. The first-order valence-electron chi connectivity index (χ1n) is 9.39. The van der Waals surface area contributed by atoms with Crippen LogP contribution in [0.1, 0.15) is 43.5 Å². The number of nitrogens with zero attached hydrogens (tertiary/aromatic N) is 2. The van der Waals surface area contributed by atoms with Crippen molar-refractivity contribution in [1.82, 2.24) is 10.3 Å². The third-order valence-corrected chi connectivity index (χ3v) is 5.89. The zero-order chi connectivity index (χ0) is 19.9. The molecule has 2 aromatic rings. The summed E-state index contributed by atoms with van der Waals surface area (Å²) in [7, 11) is 1.31. The van der Waals surface area contributed by atoms with Gasteiger partial charge >= 0.3 is 5.97 Å². The summed E-state index contributed by atoms with van der Waals surface area (Å²) in [5.74, 6) is -1.63. The maximum Gasteiger partial charge on any atom is 0.321 e. The highest BCUT2D eigenvalue weighted by Crippen LogP contribution is 2.51. The van der Waals surface area contributed by atoms with Crippen LogP contribution in [0.25, 0.3) is 0 Å². The first-order valence-corrected chi connectivity index (χ1v) is 9.39. The third kappa shape index (κ3) is 2.71. The van der Waals surface area contributed by atoms with Gasteiger partial charge in [0.05, 0.1) is 7.11 Å². The lowest BCUT2D eigenvalue weighted by Crippen LogP contribution is -2.57. The van der Waals surface area contributed by atoms with E-state index in [-0.39, 0.29) is 5.41 Å². The number of ether oxygens (including phenoxy) is 1. The molecule has 28 heavy (non-hydrogen) atoms. The van der Waals surface area contributed by atoms with Crippen LogP contribution >= 0.6 is 0 Å². The van der Waals surface area contributed by atoms with Gasteiger partial charge in [-0.25, -0.2) is 0 Å². The van der Waals surface area contributed by atoms with Crippen molar-refractivity contribution in [2.24, 2.45) is 10.9 Å². The molecule has 0 saturated heterocycles. The Morgan fingerprint density at radius 2 is 1.82 bits per heavy atom. The van der Waals surface area contributed by atoms with Crippen LogP contribution in [-0.4, -0.2) is 29.8 Å². The summed E-state index contributed by atoms with van der Waals surface area (Å²) in [6.45, 7) is 4.36. The summed E-state index contributed by atoms with van der Waals surface area (Å²) in [5, 5.41) is 2.77. The van der Waals surface area contributed by atoms with Crippen LogP contribution in [0.4, 0.5) is 0 Å². The first kappa shape index (κ1) is 18.3. The van der Waals surface area contributed by atoms with Gasteiger partial charge in [-0.05, 0) is 41.5 Å². The van der Waals surface area contributed by atoms with Gasteiger partial charge in [-0.2, -0.15) is 0 Å². The molecule has 1 aromatic heterocycles. The highest BCUT2D eigenvalue weighted by Gasteiger charge is 2.56. The van der Waals surface area contributed by atoms with Gasteiger partial charge in [-0.15, -0.1) is 0 Å². The standard InChI is InChI=1S/C22H23N3O3/c1-21(2)11-12-22(15-9-5-4-8-14(15)21)17(20(27)28-3)19(26)24-18(25-22)16-10-6-7-13-23-16/h4-10,13,17H,11-12H2,1-3H3,(H,24,25,26). The van der Waals surface area contributed by atoms with Gasteiger partial charge in [0.15, 0.2) is 11.8 Å². The molecule has 0 fully saturated rings. The number of rotatable bonds is 2. The molecule has 2 aliphatic rings. The minimum Gasteiger partial charge on any atom is -0.468 e. The minimum absolute atomic E-state index is 0.0723. The smallest absolute Gasteiger partial charge is 0.321 e. The van der Waals surface area contributed by atoms with Crippen molar-refractivity contribution in [3.63, 3.8) is 0 Å². The van der Waals surface area contributed by atoms with Crippen LogP contribution in [0.2, 0.25) is 0 Å². The number of hydrogen-bond donors (Lipinski definition) is 1. The number of methoxy groups -OCH3 is 1. The zero-order valence-electron chi connectivity index (χ0n) is 16.2. The van der Waals surface area contributed by atoms with E-state index in [1.165, 1.54) is 7.11 Å². The summed E-state index contributed by atoms with van der Waals surface area (Å²) >= 11 is 0. The van der Waals surface area contributed by atoms with Gasteiger partial charge < -0.3 is 10.1 Å². The van der Waals surface area contributed by atoms with Crippen LogP contribution in [0.15, 0.2) is 53.7 Å². The SMILES string of the molecule is COC(=O)C1C(=O)NC(c2ccccn2)=NC12CCC(C)(C)c1ccccc12. The fourth-order valence-electron chi connectivity index (χ4n) is 4.38. The molecule has 4 rings (SSSR count). The van der Waals surface area contributed by atoms with Gasteiger partial charge in [-0.3, -0.25) is 19.6 Å². The Hall–Kier alpha value is -3.02. The first-order chi connectivity index (χ1) is 13.4. The fourth-order valence-corrected chi connectivity index (χ4v) is 4.38. The molecule has 1 aromatic carbocycles. The number of pyridine rings is 1. The van der Waals surface area contributed by atoms with Crippen molar-refractivity contribution < 1.29 is 14.3 Å². The Kier molecular flexibility index (Phi) is 4.29. The van der Waals surface area contributed by atoms with Crippen LogP contribution in [0, 0.1) is 5.92 Å². The lowest BCUT2D eigenvalue weighted by molar-refractivity contribution is -0.154. The van der Waals surface area contributed by atoms with E-state index >= 15 is 0 Å². The Morgan fingerprint density at radius 3 is 2.50 bits per heavy atom. The Bertz CT molecular complexity index is 968. The molecule has 0 radical (unpaired) electrons. The van der Waals surface area contributed by atoms with Gasteiger partial charge in [0.25, 0.3) is 0 Å². The molecule has 1 amide bonds. The lowest BCUT2D eigenvalue weighted by atomic mass is 9.61. The number of amidine groups is 1. The monoisotopic (exact) mass is 377 g/mol. The molecule has 0 saturated carbocycles. The van der Waals surface area contributed by atoms with E-state index in [4.69, 9.17) is 9.73 Å². The second kappa shape index (κ2) is 6.55. The van der Waals surface area contributed by atoms with Gasteiger partial charge in [-0.1, -0.05) is 44.2 Å². The predicted octanol–water partition coefficient (Wildman–Crippen LogP) is 2.71. The molecule has 6 nitrogen and oxygen atoms in total. The molecule has 2 heterocycles. The van der Waals surface area contributed by atoms with Crippen LogP contribution < -0.4 is 5.32 Å². The summed E-state index contributed by atoms with van der Waals surface area (Å²) in [4.78, 5) is 35.1. The average molecular weight is 377 g/mol. The van der Waals surface area contributed by atoms with Crippen molar-refractivity contribution in [3.8, 4) is 0 Å². The zero-order valence-corrected chi connectivity index (χ0v) is 16.2.